The van der Waals surface area contributed by atoms with Gasteiger partial charge in [0.15, 0.2) is 5.16 Å². The van der Waals surface area contributed by atoms with E-state index in [0.717, 1.165) is 48.3 Å². The van der Waals surface area contributed by atoms with Crippen LogP contribution in [0.4, 0.5) is 0 Å². The summed E-state index contributed by atoms with van der Waals surface area (Å²) in [5.74, 6) is 1.09. The zero-order chi connectivity index (χ0) is 16.6. The van der Waals surface area contributed by atoms with Crippen molar-refractivity contribution in [2.24, 2.45) is 0 Å². The van der Waals surface area contributed by atoms with Crippen molar-refractivity contribution in [2.75, 3.05) is 25.4 Å². The second-order valence-corrected chi connectivity index (χ2v) is 7.02. The molecule has 1 atom stereocenters. The average molecular weight is 344 g/mol. The summed E-state index contributed by atoms with van der Waals surface area (Å²) in [4.78, 5) is 15.5. The van der Waals surface area contributed by atoms with Crippen LogP contribution in [-0.2, 0) is 11.3 Å². The molecular weight excluding hydrogens is 320 g/mol. The Morgan fingerprint density at radius 1 is 1.29 bits per heavy atom. The molecule has 6 heteroatoms. The fraction of sp³-hybridized carbons (Fsp3) is 0.500. The van der Waals surface area contributed by atoms with Gasteiger partial charge >= 0.3 is 0 Å². The van der Waals surface area contributed by atoms with Crippen molar-refractivity contribution in [3.63, 3.8) is 0 Å². The molecule has 2 aromatic heterocycles. The van der Waals surface area contributed by atoms with Gasteiger partial charge in [0, 0.05) is 61.3 Å². The van der Waals surface area contributed by atoms with Crippen LogP contribution in [0.1, 0.15) is 37.0 Å². The number of hydrogen-bond donors (Lipinski definition) is 0. The van der Waals surface area contributed by atoms with E-state index < -0.39 is 0 Å². The molecule has 0 spiro atoms. The van der Waals surface area contributed by atoms with Crippen molar-refractivity contribution in [3.8, 4) is 0 Å². The number of rotatable bonds is 7. The molecule has 0 N–H and O–H groups in total. The van der Waals surface area contributed by atoms with Gasteiger partial charge < -0.3 is 4.74 Å². The van der Waals surface area contributed by atoms with Gasteiger partial charge in [-0.15, -0.1) is 0 Å². The molecule has 0 aromatic carbocycles. The fourth-order valence-corrected chi connectivity index (χ4v) is 3.55. The third-order valence-electron chi connectivity index (χ3n) is 4.02. The predicted octanol–water partition coefficient (Wildman–Crippen LogP) is 3.34. The molecule has 0 bridgehead atoms. The molecule has 3 heterocycles. The lowest BCUT2D eigenvalue weighted by atomic mass is 10.1. The number of hydrogen-bond acceptors (Lipinski definition) is 6. The van der Waals surface area contributed by atoms with Crippen LogP contribution in [0.15, 0.2) is 42.1 Å². The Kier molecular flexibility index (Phi) is 6.57. The first-order valence-corrected chi connectivity index (χ1v) is 9.51. The largest absolute Gasteiger partial charge is 0.371 e. The highest BCUT2D eigenvalue weighted by atomic mass is 32.2. The molecule has 2 aromatic rings. The first-order chi connectivity index (χ1) is 11.8. The summed E-state index contributed by atoms with van der Waals surface area (Å²) < 4.78 is 5.89. The standard InChI is InChI=1S/C18H24N4OS/c1-2-3-9-24-18-20-10-15(11-21-18)13-22-7-8-23-17(14-22)16-5-4-6-19-12-16/h4-6,10-12,17H,2-3,7-9,13-14H2,1H3/t17-/m1/s1. The van der Waals surface area contributed by atoms with Gasteiger partial charge in [-0.2, -0.15) is 0 Å². The van der Waals surface area contributed by atoms with Crippen LogP contribution in [0, 0.1) is 0 Å². The van der Waals surface area contributed by atoms with E-state index in [-0.39, 0.29) is 6.10 Å². The number of morpholine rings is 1. The van der Waals surface area contributed by atoms with Crippen molar-refractivity contribution in [1.82, 2.24) is 19.9 Å². The molecule has 0 unspecified atom stereocenters. The highest BCUT2D eigenvalue weighted by Gasteiger charge is 2.22. The van der Waals surface area contributed by atoms with Crippen LogP contribution in [0.5, 0.6) is 0 Å². The van der Waals surface area contributed by atoms with E-state index in [9.17, 15) is 0 Å². The molecule has 3 rings (SSSR count). The normalized spacial score (nSPS) is 18.6. The Labute approximate surface area is 147 Å². The number of aromatic nitrogens is 3. The molecule has 0 aliphatic carbocycles. The molecule has 0 saturated carbocycles. The van der Waals surface area contributed by atoms with Gasteiger partial charge in [0.1, 0.15) is 0 Å². The number of pyridine rings is 1. The van der Waals surface area contributed by atoms with Crippen molar-refractivity contribution >= 4 is 11.8 Å². The van der Waals surface area contributed by atoms with Gasteiger partial charge in [-0.1, -0.05) is 31.2 Å². The van der Waals surface area contributed by atoms with Crippen LogP contribution in [0.25, 0.3) is 0 Å². The van der Waals surface area contributed by atoms with Gasteiger partial charge in [0.25, 0.3) is 0 Å². The summed E-state index contributed by atoms with van der Waals surface area (Å²) in [5.41, 5.74) is 2.29. The molecule has 1 saturated heterocycles. The predicted molar refractivity (Wildman–Crippen MR) is 95.9 cm³/mol. The molecule has 1 aliphatic rings. The van der Waals surface area contributed by atoms with E-state index in [4.69, 9.17) is 4.74 Å². The molecule has 0 amide bonds. The van der Waals surface area contributed by atoms with Crippen LogP contribution in [0.3, 0.4) is 0 Å². The van der Waals surface area contributed by atoms with Crippen LogP contribution in [0.2, 0.25) is 0 Å². The average Bonchev–Trinajstić information content (AvgIpc) is 2.64. The third kappa shape index (κ3) is 5.00. The summed E-state index contributed by atoms with van der Waals surface area (Å²) in [6.07, 6.45) is 10.1. The van der Waals surface area contributed by atoms with Gasteiger partial charge in [0.2, 0.25) is 0 Å². The molecular formula is C18H24N4OS. The lowest BCUT2D eigenvalue weighted by molar-refractivity contribution is -0.0331. The Balaban J connectivity index is 1.53. The minimum atomic E-state index is 0.0947. The van der Waals surface area contributed by atoms with E-state index in [1.54, 1.807) is 18.0 Å². The van der Waals surface area contributed by atoms with Crippen molar-refractivity contribution in [3.05, 3.63) is 48.0 Å². The summed E-state index contributed by atoms with van der Waals surface area (Å²) in [5, 5.41) is 0.877. The number of nitrogens with zero attached hydrogens (tertiary/aromatic N) is 4. The van der Waals surface area contributed by atoms with Crippen molar-refractivity contribution < 1.29 is 4.74 Å². The highest BCUT2D eigenvalue weighted by Crippen LogP contribution is 2.22. The first-order valence-electron chi connectivity index (χ1n) is 8.52. The van der Waals surface area contributed by atoms with Crippen LogP contribution >= 0.6 is 11.8 Å². The molecule has 1 aliphatic heterocycles. The third-order valence-corrected chi connectivity index (χ3v) is 4.99. The van der Waals surface area contributed by atoms with E-state index in [0.29, 0.717) is 0 Å². The van der Waals surface area contributed by atoms with Gasteiger partial charge in [0.05, 0.1) is 12.7 Å². The monoisotopic (exact) mass is 344 g/mol. The van der Waals surface area contributed by atoms with Crippen LogP contribution < -0.4 is 0 Å². The summed E-state index contributed by atoms with van der Waals surface area (Å²) in [6, 6.07) is 4.03. The summed E-state index contributed by atoms with van der Waals surface area (Å²) in [7, 11) is 0. The molecule has 128 valence electrons. The maximum atomic E-state index is 5.89. The second-order valence-electron chi connectivity index (χ2n) is 5.96. The molecule has 0 radical (unpaired) electrons. The smallest absolute Gasteiger partial charge is 0.187 e. The lowest BCUT2D eigenvalue weighted by Gasteiger charge is -2.32. The minimum absolute atomic E-state index is 0.0947. The molecule has 5 nitrogen and oxygen atoms in total. The number of unbranched alkanes of at least 4 members (excludes halogenated alkanes) is 1. The highest BCUT2D eigenvalue weighted by molar-refractivity contribution is 7.99. The Morgan fingerprint density at radius 3 is 2.92 bits per heavy atom. The van der Waals surface area contributed by atoms with Crippen molar-refractivity contribution in [1.29, 1.82) is 0 Å². The Bertz CT molecular complexity index is 608. The quantitative estimate of drug-likeness (QED) is 0.436. The van der Waals surface area contributed by atoms with E-state index >= 15 is 0 Å². The second kappa shape index (κ2) is 9.11. The van der Waals surface area contributed by atoms with Gasteiger partial charge in [-0.25, -0.2) is 9.97 Å². The Hall–Kier alpha value is -1.50. The lowest BCUT2D eigenvalue weighted by Crippen LogP contribution is -2.37. The van der Waals surface area contributed by atoms with Crippen LogP contribution in [-0.4, -0.2) is 45.3 Å². The topological polar surface area (TPSA) is 51.1 Å². The minimum Gasteiger partial charge on any atom is -0.371 e. The SMILES string of the molecule is CCCCSc1ncc(CN2CCO[C@@H](c3cccnc3)C2)cn1. The maximum Gasteiger partial charge on any atom is 0.187 e. The molecule has 24 heavy (non-hydrogen) atoms. The first kappa shape index (κ1) is 17.3. The van der Waals surface area contributed by atoms with E-state index in [1.807, 2.05) is 24.7 Å². The number of thioether (sulfide) groups is 1. The zero-order valence-electron chi connectivity index (χ0n) is 14.1. The summed E-state index contributed by atoms with van der Waals surface area (Å²) in [6.45, 7) is 5.61. The van der Waals surface area contributed by atoms with E-state index in [2.05, 4.69) is 32.8 Å². The molecule has 1 fully saturated rings. The zero-order valence-corrected chi connectivity index (χ0v) is 14.9. The van der Waals surface area contributed by atoms with Gasteiger partial charge in [-0.05, 0) is 12.5 Å². The van der Waals surface area contributed by atoms with E-state index in [1.165, 1.54) is 12.8 Å². The van der Waals surface area contributed by atoms with Gasteiger partial charge in [-0.3, -0.25) is 9.88 Å². The van der Waals surface area contributed by atoms with Crippen molar-refractivity contribution in [2.45, 2.75) is 37.6 Å². The maximum absolute atomic E-state index is 5.89. The summed E-state index contributed by atoms with van der Waals surface area (Å²) >= 11 is 1.73. The fourth-order valence-electron chi connectivity index (χ4n) is 2.68. The Morgan fingerprint density at radius 2 is 2.17 bits per heavy atom. The number of ether oxygens (including phenoxy) is 1.